The van der Waals surface area contributed by atoms with E-state index in [1.54, 1.807) is 0 Å². The number of hydrogen-bond donors (Lipinski definition) is 0. The molecule has 7 heteroatoms. The fraction of sp³-hybridized carbons (Fsp3) is 1.00. The summed E-state index contributed by atoms with van der Waals surface area (Å²) in [5.74, 6) is 1.41. The van der Waals surface area contributed by atoms with Crippen molar-refractivity contribution in [3.8, 4) is 0 Å². The van der Waals surface area contributed by atoms with E-state index in [4.69, 9.17) is 0 Å². The lowest BCUT2D eigenvalue weighted by Gasteiger charge is -2.32. The molecule has 1 fully saturated rings. The number of rotatable bonds is 2. The highest BCUT2D eigenvalue weighted by molar-refractivity contribution is 8.61. The van der Waals surface area contributed by atoms with E-state index in [9.17, 15) is 8.42 Å². The molecule has 6 atom stereocenters. The number of hydrogen-bond acceptors (Lipinski definition) is 2. The molecular formula is C6H16O2P4S. The van der Waals surface area contributed by atoms with Gasteiger partial charge < -0.3 is 0 Å². The maximum Gasteiger partial charge on any atom is 0.150 e. The average molecular weight is 276 g/mol. The molecular weight excluding hydrogens is 260 g/mol. The molecule has 0 aromatic rings. The highest BCUT2D eigenvalue weighted by Crippen LogP contribution is 2.70. The van der Waals surface area contributed by atoms with E-state index in [-0.39, 0.29) is 7.30 Å². The molecule has 1 rings (SSSR count). The second kappa shape index (κ2) is 5.14. The zero-order valence-corrected chi connectivity index (χ0v) is 12.6. The maximum absolute atomic E-state index is 11.4. The van der Waals surface area contributed by atoms with Gasteiger partial charge in [0, 0.05) is 5.66 Å². The minimum atomic E-state index is -2.72. The third-order valence-electron chi connectivity index (χ3n) is 2.47. The lowest BCUT2D eigenvalue weighted by Crippen LogP contribution is -2.33. The Morgan fingerprint density at radius 2 is 2.15 bits per heavy atom. The molecule has 0 N–H and O–H groups in total. The molecule has 0 aliphatic carbocycles. The zero-order chi connectivity index (χ0) is 10.1. The van der Waals surface area contributed by atoms with Crippen LogP contribution in [-0.4, -0.2) is 25.6 Å². The molecule has 0 bridgehead atoms. The Labute approximate surface area is 87.9 Å². The Bertz CT molecular complexity index is 262. The molecule has 0 amide bonds. The van der Waals surface area contributed by atoms with Gasteiger partial charge in [0.2, 0.25) is 0 Å². The van der Waals surface area contributed by atoms with Crippen LogP contribution >= 0.6 is 33.1 Å². The minimum absolute atomic E-state index is 0.166. The zero-order valence-electron chi connectivity index (χ0n) is 7.60. The van der Waals surface area contributed by atoms with Gasteiger partial charge in [-0.3, -0.25) is 0 Å². The van der Waals surface area contributed by atoms with Gasteiger partial charge in [-0.25, -0.2) is 8.42 Å². The Balaban J connectivity index is 2.71. The third kappa shape index (κ3) is 3.62. The molecule has 1 aliphatic rings. The summed E-state index contributed by atoms with van der Waals surface area (Å²) < 4.78 is 22.8. The standard InChI is InChI=1S/C6H16O2P4S/c1-5-2-3-13(7,8)4-6(5)12(10)11-9/h5-6,11H,2-4,9-10H2,1H3/t5-,6+,12?/m0/s1. The van der Waals surface area contributed by atoms with Gasteiger partial charge in [0.1, 0.15) is 0 Å². The van der Waals surface area contributed by atoms with Gasteiger partial charge in [-0.1, -0.05) is 22.2 Å². The highest BCUT2D eigenvalue weighted by Gasteiger charge is 2.33. The van der Waals surface area contributed by atoms with Crippen LogP contribution in [0.4, 0.5) is 0 Å². The van der Waals surface area contributed by atoms with Crippen molar-refractivity contribution in [1.29, 1.82) is 0 Å². The quantitative estimate of drug-likeness (QED) is 0.726. The van der Waals surface area contributed by atoms with E-state index in [1.165, 1.54) is 0 Å². The summed E-state index contributed by atoms with van der Waals surface area (Å²) in [5.41, 5.74) is 0.412. The molecule has 1 aliphatic heterocycles. The predicted molar refractivity (Wildman–Crippen MR) is 70.9 cm³/mol. The predicted octanol–water partition coefficient (Wildman–Crippen LogP) is 2.47. The first kappa shape index (κ1) is 12.7. The van der Waals surface area contributed by atoms with Gasteiger partial charge in [-0.05, 0) is 12.3 Å². The molecule has 1 saturated heterocycles. The maximum atomic E-state index is 11.4. The van der Waals surface area contributed by atoms with Crippen molar-refractivity contribution in [2.45, 2.75) is 19.0 Å². The van der Waals surface area contributed by atoms with Crippen molar-refractivity contribution in [3.05, 3.63) is 0 Å². The SMILES string of the molecule is C[C@H]1CCS(=O)(=O)C[C@H]1P(P)PP. The summed E-state index contributed by atoms with van der Waals surface area (Å²) in [7, 11) is 3.51. The van der Waals surface area contributed by atoms with Crippen molar-refractivity contribution < 1.29 is 8.42 Å². The van der Waals surface area contributed by atoms with Crippen LogP contribution in [-0.2, 0) is 9.84 Å². The lowest BCUT2D eigenvalue weighted by molar-refractivity contribution is 0.509. The smallest absolute Gasteiger partial charge is 0.150 e. The van der Waals surface area contributed by atoms with Gasteiger partial charge in [0.15, 0.2) is 9.84 Å². The Morgan fingerprint density at radius 3 is 2.69 bits per heavy atom. The summed E-state index contributed by atoms with van der Waals surface area (Å²) in [6, 6.07) is 0. The lowest BCUT2D eigenvalue weighted by atomic mass is 10.1. The molecule has 0 saturated carbocycles. The van der Waals surface area contributed by atoms with Crippen molar-refractivity contribution in [1.82, 2.24) is 0 Å². The first-order valence-corrected chi connectivity index (χ1v) is 12.7. The summed E-state index contributed by atoms with van der Waals surface area (Å²) in [6.45, 7) is 2.18. The topological polar surface area (TPSA) is 34.1 Å². The molecule has 4 unspecified atom stereocenters. The van der Waals surface area contributed by atoms with E-state index in [1.807, 2.05) is 0 Å². The van der Waals surface area contributed by atoms with Crippen LogP contribution in [0.15, 0.2) is 0 Å². The van der Waals surface area contributed by atoms with Crippen LogP contribution in [0.1, 0.15) is 13.3 Å². The first-order chi connectivity index (χ1) is 5.96. The summed E-state index contributed by atoms with van der Waals surface area (Å²) >= 11 is 0. The van der Waals surface area contributed by atoms with Gasteiger partial charge in [0.25, 0.3) is 0 Å². The molecule has 1 heterocycles. The van der Waals surface area contributed by atoms with Crippen molar-refractivity contribution in [2.75, 3.05) is 11.5 Å². The van der Waals surface area contributed by atoms with Gasteiger partial charge in [-0.2, -0.15) is 0 Å². The first-order valence-electron chi connectivity index (χ1n) is 4.17. The van der Waals surface area contributed by atoms with Crippen molar-refractivity contribution >= 4 is 43.0 Å². The second-order valence-corrected chi connectivity index (χ2v) is 15.3. The Morgan fingerprint density at radius 1 is 1.54 bits per heavy atom. The summed E-state index contributed by atoms with van der Waals surface area (Å²) in [4.78, 5) is 0. The fourth-order valence-corrected chi connectivity index (χ4v) is 10.9. The monoisotopic (exact) mass is 276 g/mol. The van der Waals surface area contributed by atoms with Crippen molar-refractivity contribution in [3.63, 3.8) is 0 Å². The van der Waals surface area contributed by atoms with Gasteiger partial charge in [-0.15, -0.1) is 17.9 Å². The molecule has 0 spiro atoms. The van der Waals surface area contributed by atoms with E-state index < -0.39 is 9.84 Å². The van der Waals surface area contributed by atoms with E-state index in [0.717, 1.165) is 14.4 Å². The Kier molecular flexibility index (Phi) is 5.03. The van der Waals surface area contributed by atoms with E-state index in [2.05, 4.69) is 24.8 Å². The summed E-state index contributed by atoms with van der Waals surface area (Å²) in [5, 5.41) is 0. The Hall–Kier alpha value is 1.67. The molecule has 0 aromatic carbocycles. The van der Waals surface area contributed by atoms with Crippen LogP contribution in [0.2, 0.25) is 0 Å². The van der Waals surface area contributed by atoms with Crippen LogP contribution in [0.5, 0.6) is 0 Å². The van der Waals surface area contributed by atoms with Crippen LogP contribution < -0.4 is 0 Å². The largest absolute Gasteiger partial charge is 0.229 e. The van der Waals surface area contributed by atoms with Crippen LogP contribution in [0.3, 0.4) is 0 Å². The third-order valence-corrected chi connectivity index (χ3v) is 15.9. The normalized spacial score (nSPS) is 36.5. The highest BCUT2D eigenvalue weighted by atomic mass is 32.6. The van der Waals surface area contributed by atoms with Gasteiger partial charge >= 0.3 is 0 Å². The average Bonchev–Trinajstić information content (AvgIpc) is 2.08. The van der Waals surface area contributed by atoms with Crippen LogP contribution in [0, 0.1) is 5.92 Å². The molecule has 78 valence electrons. The van der Waals surface area contributed by atoms with Gasteiger partial charge in [0.05, 0.1) is 11.5 Å². The second-order valence-electron chi connectivity index (χ2n) is 3.48. The molecule has 2 nitrogen and oxygen atoms in total. The van der Waals surface area contributed by atoms with Crippen molar-refractivity contribution in [2.24, 2.45) is 5.92 Å². The van der Waals surface area contributed by atoms with E-state index in [0.29, 0.717) is 23.1 Å². The fourth-order valence-electron chi connectivity index (χ4n) is 1.52. The molecule has 13 heavy (non-hydrogen) atoms. The minimum Gasteiger partial charge on any atom is -0.229 e. The number of sulfone groups is 1. The molecule has 0 radical (unpaired) electrons. The molecule has 0 aromatic heterocycles. The summed E-state index contributed by atoms with van der Waals surface area (Å²) in [6.07, 6.45) is 0.857. The van der Waals surface area contributed by atoms with E-state index >= 15 is 0 Å². The van der Waals surface area contributed by atoms with Crippen LogP contribution in [0.25, 0.3) is 0 Å².